The lowest BCUT2D eigenvalue weighted by atomic mass is 9.99. The Hall–Kier alpha value is -1.14. The number of carbonyl (C=O) groups is 1. The molecular formula is C18H23N3OS2. The standard InChI is InChI=1S/C18H23N3OS2/c1-11-6-8-21(9-7-11)18(22)12(2)23-16-15-13-4-3-5-14(13)24-17(15)20-10-19-16/h10-12H,3-9H2,1-2H3/t12-/m0/s1. The fourth-order valence-electron chi connectivity index (χ4n) is 3.69. The van der Waals surface area contributed by atoms with Crippen LogP contribution >= 0.6 is 23.1 Å². The maximum absolute atomic E-state index is 12.8. The van der Waals surface area contributed by atoms with Crippen molar-refractivity contribution in [3.63, 3.8) is 0 Å². The molecule has 1 amide bonds. The number of fused-ring (bicyclic) bond motifs is 3. The molecule has 2 aromatic heterocycles. The van der Waals surface area contributed by atoms with Gasteiger partial charge in [-0.1, -0.05) is 18.7 Å². The third kappa shape index (κ3) is 2.94. The van der Waals surface area contributed by atoms with Gasteiger partial charge in [0.15, 0.2) is 0 Å². The van der Waals surface area contributed by atoms with Crippen molar-refractivity contribution in [3.8, 4) is 0 Å². The van der Waals surface area contributed by atoms with Crippen molar-refractivity contribution in [2.24, 2.45) is 5.92 Å². The summed E-state index contributed by atoms with van der Waals surface area (Å²) in [5, 5.41) is 2.12. The molecule has 0 saturated carbocycles. The Balaban J connectivity index is 1.54. The van der Waals surface area contributed by atoms with Gasteiger partial charge in [0.25, 0.3) is 0 Å². The molecule has 0 aromatic carbocycles. The fraction of sp³-hybridized carbons (Fsp3) is 0.611. The van der Waals surface area contributed by atoms with Gasteiger partial charge in [-0.3, -0.25) is 4.79 Å². The summed E-state index contributed by atoms with van der Waals surface area (Å²) in [4.78, 5) is 26.4. The molecule has 2 aliphatic rings. The molecule has 0 unspecified atom stereocenters. The summed E-state index contributed by atoms with van der Waals surface area (Å²) in [5.74, 6) is 0.998. The first-order valence-corrected chi connectivity index (χ1v) is 10.5. The zero-order valence-electron chi connectivity index (χ0n) is 14.2. The summed E-state index contributed by atoms with van der Waals surface area (Å²) in [6, 6.07) is 0. The van der Waals surface area contributed by atoms with E-state index in [-0.39, 0.29) is 11.2 Å². The quantitative estimate of drug-likeness (QED) is 0.614. The van der Waals surface area contributed by atoms with Crippen molar-refractivity contribution in [2.75, 3.05) is 13.1 Å². The maximum Gasteiger partial charge on any atom is 0.235 e. The van der Waals surface area contributed by atoms with E-state index >= 15 is 0 Å². The molecule has 0 spiro atoms. The van der Waals surface area contributed by atoms with Gasteiger partial charge < -0.3 is 4.90 Å². The maximum atomic E-state index is 12.8. The molecule has 2 aromatic rings. The molecule has 0 radical (unpaired) electrons. The van der Waals surface area contributed by atoms with Crippen LogP contribution < -0.4 is 0 Å². The number of piperidine rings is 1. The van der Waals surface area contributed by atoms with E-state index in [1.54, 1.807) is 29.4 Å². The Kier molecular flexibility index (Phi) is 4.52. The first kappa shape index (κ1) is 16.3. The van der Waals surface area contributed by atoms with Gasteiger partial charge in [0, 0.05) is 23.4 Å². The average molecular weight is 362 g/mol. The molecule has 1 fully saturated rings. The number of aryl methyl sites for hydroxylation is 2. The van der Waals surface area contributed by atoms with Crippen LogP contribution in [0, 0.1) is 5.92 Å². The summed E-state index contributed by atoms with van der Waals surface area (Å²) in [5.41, 5.74) is 1.43. The number of amides is 1. The van der Waals surface area contributed by atoms with Crippen molar-refractivity contribution in [1.29, 1.82) is 0 Å². The smallest absolute Gasteiger partial charge is 0.235 e. The normalized spacial score (nSPS) is 19.7. The van der Waals surface area contributed by atoms with E-state index < -0.39 is 0 Å². The molecule has 4 rings (SSSR count). The van der Waals surface area contributed by atoms with Gasteiger partial charge in [-0.25, -0.2) is 9.97 Å². The van der Waals surface area contributed by atoms with Crippen molar-refractivity contribution < 1.29 is 4.79 Å². The highest BCUT2D eigenvalue weighted by Crippen LogP contribution is 2.41. The van der Waals surface area contributed by atoms with Crippen molar-refractivity contribution in [1.82, 2.24) is 14.9 Å². The second-order valence-electron chi connectivity index (χ2n) is 6.98. The van der Waals surface area contributed by atoms with Crippen LogP contribution in [-0.2, 0) is 17.6 Å². The van der Waals surface area contributed by atoms with Gasteiger partial charge in [0.1, 0.15) is 16.2 Å². The highest BCUT2D eigenvalue weighted by atomic mass is 32.2. The van der Waals surface area contributed by atoms with Crippen LogP contribution in [0.1, 0.15) is 43.6 Å². The van der Waals surface area contributed by atoms with Gasteiger partial charge in [-0.05, 0) is 50.5 Å². The Morgan fingerprint density at radius 3 is 2.92 bits per heavy atom. The van der Waals surface area contributed by atoms with Crippen LogP contribution in [0.15, 0.2) is 11.4 Å². The Morgan fingerprint density at radius 1 is 1.33 bits per heavy atom. The number of hydrogen-bond donors (Lipinski definition) is 0. The molecule has 1 aliphatic carbocycles. The number of thioether (sulfide) groups is 1. The molecule has 4 nitrogen and oxygen atoms in total. The van der Waals surface area contributed by atoms with Crippen LogP contribution in [-0.4, -0.2) is 39.1 Å². The highest BCUT2D eigenvalue weighted by Gasteiger charge is 2.27. The number of likely N-dealkylation sites (tertiary alicyclic amines) is 1. The fourth-order valence-corrected chi connectivity index (χ4v) is 6.02. The number of carbonyl (C=O) groups excluding carboxylic acids is 1. The Labute approximate surface area is 151 Å². The molecule has 128 valence electrons. The molecule has 0 bridgehead atoms. The van der Waals surface area contributed by atoms with Crippen molar-refractivity contribution in [2.45, 2.75) is 56.2 Å². The summed E-state index contributed by atoms with van der Waals surface area (Å²) >= 11 is 3.42. The Bertz CT molecular complexity index is 765. The molecule has 1 aliphatic heterocycles. The zero-order chi connectivity index (χ0) is 16.7. The third-order valence-electron chi connectivity index (χ3n) is 5.20. The predicted molar refractivity (Wildman–Crippen MR) is 99.7 cm³/mol. The second kappa shape index (κ2) is 6.64. The Morgan fingerprint density at radius 2 is 2.12 bits per heavy atom. The minimum absolute atomic E-state index is 0.0894. The molecule has 24 heavy (non-hydrogen) atoms. The largest absolute Gasteiger partial charge is 0.342 e. The van der Waals surface area contributed by atoms with E-state index in [1.807, 2.05) is 11.8 Å². The molecule has 3 heterocycles. The van der Waals surface area contributed by atoms with Gasteiger partial charge in [0.05, 0.1) is 5.25 Å². The number of aromatic nitrogens is 2. The van der Waals surface area contributed by atoms with Crippen LogP contribution in [0.3, 0.4) is 0 Å². The van der Waals surface area contributed by atoms with E-state index in [1.165, 1.54) is 28.7 Å². The number of rotatable bonds is 3. The summed E-state index contributed by atoms with van der Waals surface area (Å²) in [7, 11) is 0. The predicted octanol–water partition coefficient (Wildman–Crippen LogP) is 3.92. The van der Waals surface area contributed by atoms with Gasteiger partial charge in [0.2, 0.25) is 5.91 Å². The lowest BCUT2D eigenvalue weighted by Gasteiger charge is -2.32. The summed E-state index contributed by atoms with van der Waals surface area (Å²) in [6.07, 6.45) is 7.42. The zero-order valence-corrected chi connectivity index (χ0v) is 15.9. The van der Waals surface area contributed by atoms with Crippen LogP contribution in [0.5, 0.6) is 0 Å². The van der Waals surface area contributed by atoms with Gasteiger partial charge in [-0.15, -0.1) is 11.3 Å². The molecule has 0 N–H and O–H groups in total. The van der Waals surface area contributed by atoms with Crippen LogP contribution in [0.4, 0.5) is 0 Å². The molecule has 1 saturated heterocycles. The van der Waals surface area contributed by atoms with E-state index in [0.717, 1.165) is 48.1 Å². The number of nitrogens with zero attached hydrogens (tertiary/aromatic N) is 3. The van der Waals surface area contributed by atoms with E-state index in [0.29, 0.717) is 0 Å². The topological polar surface area (TPSA) is 46.1 Å². The average Bonchev–Trinajstić information content (AvgIpc) is 3.16. The summed E-state index contributed by atoms with van der Waals surface area (Å²) < 4.78 is 0. The van der Waals surface area contributed by atoms with Crippen molar-refractivity contribution in [3.05, 3.63) is 16.8 Å². The lowest BCUT2D eigenvalue weighted by Crippen LogP contribution is -2.41. The monoisotopic (exact) mass is 361 g/mol. The van der Waals surface area contributed by atoms with Crippen molar-refractivity contribution >= 4 is 39.2 Å². The number of thiophene rings is 1. The van der Waals surface area contributed by atoms with Gasteiger partial charge >= 0.3 is 0 Å². The van der Waals surface area contributed by atoms with Crippen LogP contribution in [0.2, 0.25) is 0 Å². The molecule has 6 heteroatoms. The molecule has 1 atom stereocenters. The minimum Gasteiger partial charge on any atom is -0.342 e. The minimum atomic E-state index is -0.0894. The first-order valence-electron chi connectivity index (χ1n) is 8.84. The second-order valence-corrected chi connectivity index (χ2v) is 9.40. The van der Waals surface area contributed by atoms with E-state index in [2.05, 4.69) is 16.9 Å². The van der Waals surface area contributed by atoms with Crippen LogP contribution in [0.25, 0.3) is 10.2 Å². The third-order valence-corrected chi connectivity index (χ3v) is 7.49. The SMILES string of the molecule is CC1CCN(C(=O)[C@H](C)Sc2ncnc3sc4c(c23)CCC4)CC1. The number of hydrogen-bond acceptors (Lipinski definition) is 5. The highest BCUT2D eigenvalue weighted by molar-refractivity contribution is 8.00. The van der Waals surface area contributed by atoms with E-state index in [4.69, 9.17) is 0 Å². The summed E-state index contributed by atoms with van der Waals surface area (Å²) in [6.45, 7) is 6.09. The first-order chi connectivity index (χ1) is 11.6. The molecular weight excluding hydrogens is 338 g/mol. The van der Waals surface area contributed by atoms with E-state index in [9.17, 15) is 4.79 Å². The lowest BCUT2D eigenvalue weighted by molar-refractivity contribution is -0.131. The van der Waals surface area contributed by atoms with Gasteiger partial charge in [-0.2, -0.15) is 0 Å².